The molecule has 0 radical (unpaired) electrons. The van der Waals surface area contributed by atoms with Crippen LogP contribution in [0.2, 0.25) is 0 Å². The number of hydrogen-bond donors (Lipinski definition) is 1. The van der Waals surface area contributed by atoms with E-state index in [9.17, 15) is 18.0 Å². The highest BCUT2D eigenvalue weighted by molar-refractivity contribution is 8.77. The fraction of sp³-hybridized carbons (Fsp3) is 0.571. The molecule has 0 bridgehead atoms. The number of alkyl halides is 3. The van der Waals surface area contributed by atoms with E-state index >= 15 is 0 Å². The molecule has 1 aromatic rings. The van der Waals surface area contributed by atoms with Gasteiger partial charge in [0.05, 0.1) is 11.9 Å². The zero-order valence-electron chi connectivity index (χ0n) is 11.9. The second kappa shape index (κ2) is 8.10. The maximum Gasteiger partial charge on any atom is 0.433 e. The van der Waals surface area contributed by atoms with E-state index in [1.165, 1.54) is 18.2 Å². The summed E-state index contributed by atoms with van der Waals surface area (Å²) in [7, 11) is 3.82. The predicted molar refractivity (Wildman–Crippen MR) is 84.8 cm³/mol. The minimum atomic E-state index is -4.46. The van der Waals surface area contributed by atoms with Crippen molar-refractivity contribution in [3.05, 3.63) is 24.0 Å². The Morgan fingerprint density at radius 3 is 2.77 bits per heavy atom. The highest BCUT2D eigenvalue weighted by Crippen LogP contribution is 2.39. The van der Waals surface area contributed by atoms with Gasteiger partial charge in [-0.3, -0.25) is 4.79 Å². The zero-order chi connectivity index (χ0) is 16.0. The summed E-state index contributed by atoms with van der Waals surface area (Å²) in [5.41, 5.74) is -0.668. The topological polar surface area (TPSA) is 42.0 Å². The fourth-order valence-corrected chi connectivity index (χ4v) is 5.11. The Labute approximate surface area is 135 Å². The van der Waals surface area contributed by atoms with Gasteiger partial charge in [-0.2, -0.15) is 13.2 Å². The number of hydrogen-bond acceptors (Lipinski definition) is 4. The highest BCUT2D eigenvalue weighted by Gasteiger charge is 2.32. The summed E-state index contributed by atoms with van der Waals surface area (Å²) in [6.07, 6.45) is 1.10. The van der Waals surface area contributed by atoms with Gasteiger partial charge in [0.2, 0.25) is 5.91 Å². The molecular formula is C14H17F3N2OS2. The van der Waals surface area contributed by atoms with E-state index in [1.54, 1.807) is 0 Å². The molecule has 22 heavy (non-hydrogen) atoms. The van der Waals surface area contributed by atoms with Gasteiger partial charge in [-0.15, -0.1) is 0 Å². The number of aromatic nitrogens is 1. The molecule has 1 aliphatic rings. The van der Waals surface area contributed by atoms with Crippen LogP contribution in [0.5, 0.6) is 0 Å². The number of unbranched alkanes of at least 4 members (excludes halogenated alkanes) is 1. The Kier molecular flexibility index (Phi) is 6.43. The molecule has 1 N–H and O–H groups in total. The molecule has 1 saturated heterocycles. The summed E-state index contributed by atoms with van der Waals surface area (Å²) in [4.78, 5) is 15.0. The Morgan fingerprint density at radius 2 is 2.18 bits per heavy atom. The number of carbonyl (C=O) groups is 1. The van der Waals surface area contributed by atoms with Gasteiger partial charge in [0.15, 0.2) is 0 Å². The normalized spacial score (nSPS) is 18.4. The van der Waals surface area contributed by atoms with Crippen molar-refractivity contribution in [3.8, 4) is 0 Å². The third kappa shape index (κ3) is 5.72. The Hall–Kier alpha value is -0.890. The molecule has 3 nitrogen and oxygen atoms in total. The number of nitrogens with zero attached hydrogens (tertiary/aromatic N) is 1. The molecule has 0 aliphatic carbocycles. The molecule has 1 fully saturated rings. The standard InChI is InChI=1S/C14H17F3N2OS2/c15-14(16,17)12-6-5-10(9-18-12)19-13(20)4-2-1-3-11-7-8-21-22-11/h5-6,9,11H,1-4,7-8H2,(H,19,20). The molecule has 1 aliphatic heterocycles. The van der Waals surface area contributed by atoms with Gasteiger partial charge in [-0.25, -0.2) is 4.98 Å². The number of anilines is 1. The molecule has 1 amide bonds. The summed E-state index contributed by atoms with van der Waals surface area (Å²) in [5.74, 6) is 1.02. The Balaban J connectivity index is 1.68. The van der Waals surface area contributed by atoms with Crippen molar-refractivity contribution in [2.75, 3.05) is 11.1 Å². The van der Waals surface area contributed by atoms with E-state index in [1.807, 2.05) is 21.6 Å². The predicted octanol–water partition coefficient (Wildman–Crippen LogP) is 4.75. The summed E-state index contributed by atoms with van der Waals surface area (Å²) < 4.78 is 37.1. The van der Waals surface area contributed by atoms with Crippen molar-refractivity contribution in [1.82, 2.24) is 4.98 Å². The van der Waals surface area contributed by atoms with E-state index in [0.29, 0.717) is 17.4 Å². The van der Waals surface area contributed by atoms with Crippen molar-refractivity contribution in [3.63, 3.8) is 0 Å². The molecule has 2 rings (SSSR count). The largest absolute Gasteiger partial charge is 0.433 e. The number of carbonyl (C=O) groups excluding carboxylic acids is 1. The summed E-state index contributed by atoms with van der Waals surface area (Å²) >= 11 is 0. The minimum absolute atomic E-state index is 0.185. The van der Waals surface area contributed by atoms with Crippen LogP contribution >= 0.6 is 21.6 Å². The van der Waals surface area contributed by atoms with Crippen LogP contribution < -0.4 is 5.32 Å². The summed E-state index contributed by atoms with van der Waals surface area (Å²) in [6.45, 7) is 0. The zero-order valence-corrected chi connectivity index (χ0v) is 13.5. The molecule has 122 valence electrons. The fourth-order valence-electron chi connectivity index (χ4n) is 2.08. The Morgan fingerprint density at radius 1 is 1.36 bits per heavy atom. The average Bonchev–Trinajstić information content (AvgIpc) is 2.96. The van der Waals surface area contributed by atoms with Crippen LogP contribution in [0.1, 0.15) is 37.8 Å². The number of halogens is 3. The molecule has 0 spiro atoms. The molecule has 1 atom stereocenters. The van der Waals surface area contributed by atoms with Crippen molar-refractivity contribution in [1.29, 1.82) is 0 Å². The first-order valence-corrected chi connectivity index (χ1v) is 9.45. The maximum atomic E-state index is 12.4. The number of pyridine rings is 1. The first-order chi connectivity index (χ1) is 10.4. The smallest absolute Gasteiger partial charge is 0.325 e. The molecule has 2 heterocycles. The van der Waals surface area contributed by atoms with Gasteiger partial charge in [-0.05, 0) is 31.4 Å². The number of nitrogens with one attached hydrogen (secondary N) is 1. The third-order valence-electron chi connectivity index (χ3n) is 3.24. The van der Waals surface area contributed by atoms with Crippen molar-refractivity contribution in [2.24, 2.45) is 0 Å². The minimum Gasteiger partial charge on any atom is -0.325 e. The lowest BCUT2D eigenvalue weighted by atomic mass is 10.1. The maximum absolute atomic E-state index is 12.4. The van der Waals surface area contributed by atoms with Gasteiger partial charge in [0, 0.05) is 17.4 Å². The van der Waals surface area contributed by atoms with E-state index in [0.717, 1.165) is 31.5 Å². The molecule has 0 aromatic carbocycles. The SMILES string of the molecule is O=C(CCCCC1CCSS1)Nc1ccc(C(F)(F)F)nc1. The van der Waals surface area contributed by atoms with Crippen LogP contribution in [0.15, 0.2) is 18.3 Å². The lowest BCUT2D eigenvalue weighted by molar-refractivity contribution is -0.141. The van der Waals surface area contributed by atoms with Crippen LogP contribution in [0.3, 0.4) is 0 Å². The third-order valence-corrected chi connectivity index (χ3v) is 6.25. The van der Waals surface area contributed by atoms with Gasteiger partial charge >= 0.3 is 6.18 Å². The van der Waals surface area contributed by atoms with Gasteiger partial charge < -0.3 is 5.32 Å². The van der Waals surface area contributed by atoms with Crippen molar-refractivity contribution in [2.45, 2.75) is 43.5 Å². The number of rotatable bonds is 6. The van der Waals surface area contributed by atoms with Crippen molar-refractivity contribution < 1.29 is 18.0 Å². The van der Waals surface area contributed by atoms with Crippen LogP contribution in [0.4, 0.5) is 18.9 Å². The summed E-state index contributed by atoms with van der Waals surface area (Å²) in [6, 6.07) is 2.09. The average molecular weight is 350 g/mol. The van der Waals surface area contributed by atoms with Crippen LogP contribution in [0.25, 0.3) is 0 Å². The summed E-state index contributed by atoms with van der Waals surface area (Å²) in [5, 5.41) is 3.27. The second-order valence-electron chi connectivity index (χ2n) is 5.05. The van der Waals surface area contributed by atoms with E-state index in [2.05, 4.69) is 10.3 Å². The van der Waals surface area contributed by atoms with E-state index in [-0.39, 0.29) is 5.91 Å². The van der Waals surface area contributed by atoms with Crippen LogP contribution in [-0.4, -0.2) is 21.9 Å². The first kappa shape index (κ1) is 17.5. The van der Waals surface area contributed by atoms with Gasteiger partial charge in [0.1, 0.15) is 5.69 Å². The molecule has 1 aromatic heterocycles. The lowest BCUT2D eigenvalue weighted by Crippen LogP contribution is -2.13. The molecule has 0 saturated carbocycles. The quantitative estimate of drug-likeness (QED) is 0.594. The molecular weight excluding hydrogens is 333 g/mol. The van der Waals surface area contributed by atoms with Gasteiger partial charge in [-0.1, -0.05) is 28.0 Å². The molecule has 1 unspecified atom stereocenters. The van der Waals surface area contributed by atoms with E-state index in [4.69, 9.17) is 0 Å². The van der Waals surface area contributed by atoms with E-state index < -0.39 is 11.9 Å². The first-order valence-electron chi connectivity index (χ1n) is 7.06. The van der Waals surface area contributed by atoms with Crippen LogP contribution in [-0.2, 0) is 11.0 Å². The lowest BCUT2D eigenvalue weighted by Gasteiger charge is -2.09. The Bertz CT molecular complexity index is 488. The monoisotopic (exact) mass is 350 g/mol. The second-order valence-corrected chi connectivity index (χ2v) is 7.84. The van der Waals surface area contributed by atoms with Crippen LogP contribution in [0, 0.1) is 0 Å². The van der Waals surface area contributed by atoms with Crippen molar-refractivity contribution >= 4 is 33.2 Å². The number of amides is 1. The molecule has 8 heteroatoms. The van der Waals surface area contributed by atoms with Gasteiger partial charge in [0.25, 0.3) is 0 Å². The highest BCUT2D eigenvalue weighted by atomic mass is 33.1.